The van der Waals surface area contributed by atoms with Crippen LogP contribution in [0.15, 0.2) is 48.5 Å². The number of nitrogens with zero attached hydrogens (tertiary/aromatic N) is 2. The maximum absolute atomic E-state index is 3.22. The van der Waals surface area contributed by atoms with E-state index in [0.717, 1.165) is 0 Å². The van der Waals surface area contributed by atoms with Gasteiger partial charge in [0.1, 0.15) is 0 Å². The third kappa shape index (κ3) is 16.8. The quantitative estimate of drug-likeness (QED) is 0.131. The summed E-state index contributed by atoms with van der Waals surface area (Å²) < 4.78 is 0. The molecule has 0 saturated carbocycles. The second-order valence-electron chi connectivity index (χ2n) is 14.6. The monoisotopic (exact) mass is 920 g/mol. The fourth-order valence-corrected chi connectivity index (χ4v) is 14.8. The van der Waals surface area contributed by atoms with E-state index in [2.05, 4.69) is 179 Å². The van der Waals surface area contributed by atoms with Crippen molar-refractivity contribution in [1.29, 1.82) is 0 Å². The van der Waals surface area contributed by atoms with Crippen molar-refractivity contribution in [3.63, 3.8) is 0 Å². The van der Waals surface area contributed by atoms with Crippen molar-refractivity contribution in [2.75, 3.05) is 38.0 Å². The number of hydrogen-bond acceptors (Lipinski definition) is 2. The Kier molecular flexibility index (Phi) is 22.9. The molecule has 0 N–H and O–H groups in total. The second kappa shape index (κ2) is 20.2. The molecule has 7 heteroatoms. The summed E-state index contributed by atoms with van der Waals surface area (Å²) in [5.74, 6) is 0. The first-order chi connectivity index (χ1) is 18.1. The summed E-state index contributed by atoms with van der Waals surface area (Å²) in [4.78, 5) is 10.8. The summed E-state index contributed by atoms with van der Waals surface area (Å²) >= 11 is 3.80. The van der Waals surface area contributed by atoms with E-state index in [9.17, 15) is 0 Å². The Morgan fingerprint density at radius 1 is 0.439 bits per heavy atom. The molecule has 0 bridgehead atoms. The number of benzene rings is 2. The third-order valence-electron chi connectivity index (χ3n) is 6.34. The first-order valence-electron chi connectivity index (χ1n) is 13.9. The van der Waals surface area contributed by atoms with Crippen molar-refractivity contribution in [3.05, 3.63) is 58.4 Å². The minimum absolute atomic E-state index is 0. The molecule has 0 spiro atoms. The molecule has 0 saturated heterocycles. The summed E-state index contributed by atoms with van der Waals surface area (Å²) in [5, 5.41) is 4.60. The van der Waals surface area contributed by atoms with E-state index < -0.39 is 15.8 Å². The summed E-state index contributed by atoms with van der Waals surface area (Å²) in [7, 11) is 7.14. The Balaban J connectivity index is -0.000000614. The van der Waals surface area contributed by atoms with Crippen LogP contribution in [0, 0.1) is 9.86 Å². The summed E-state index contributed by atoms with van der Waals surface area (Å²) in [6.45, 7) is 28.6. The van der Waals surface area contributed by atoms with Crippen molar-refractivity contribution in [2.24, 2.45) is 0 Å². The maximum Gasteiger partial charge on any atom is 2.00 e. The molecule has 2 nitrogen and oxygen atoms in total. The van der Waals surface area contributed by atoms with Crippen LogP contribution in [0.25, 0.3) is 0 Å². The van der Waals surface area contributed by atoms with E-state index in [0.29, 0.717) is 20.6 Å². The van der Waals surface area contributed by atoms with E-state index in [1.165, 1.54) is 11.4 Å². The molecule has 0 aliphatic rings. The maximum atomic E-state index is 3.22. The first kappa shape index (κ1) is 46.4. The number of rotatable bonds is 4. The first-order valence-corrected chi connectivity index (χ1v) is 20.0. The van der Waals surface area contributed by atoms with E-state index in [1.54, 1.807) is 10.6 Å². The van der Waals surface area contributed by atoms with Crippen molar-refractivity contribution in [3.8, 4) is 0 Å². The SMILES string of the molecule is CN(C)c1ccc([PH+](C(C)(C)C)C(C)(C)C)cc1.CN(C)c1ccc([PH+](C(C)(C)C)C(C)(C)C)cc1.[CH2-]I.[CH2-]I.[Pd+2]. The fraction of sp³-hybridized carbons (Fsp3) is 0.588. The van der Waals surface area contributed by atoms with Gasteiger partial charge in [-0.15, -0.1) is 0 Å². The normalized spacial score (nSPS) is 11.7. The average Bonchev–Trinajstić information content (AvgIpc) is 2.79. The van der Waals surface area contributed by atoms with Gasteiger partial charge in [-0.3, -0.25) is 9.86 Å². The van der Waals surface area contributed by atoms with E-state index in [4.69, 9.17) is 0 Å². The van der Waals surface area contributed by atoms with Gasteiger partial charge in [-0.25, -0.2) is 0 Å². The molecule has 240 valence electrons. The van der Waals surface area contributed by atoms with E-state index >= 15 is 0 Å². The summed E-state index contributed by atoms with van der Waals surface area (Å²) in [5.41, 5.74) is 2.56. The van der Waals surface area contributed by atoms with Gasteiger partial charge in [0.25, 0.3) is 0 Å². The molecule has 0 atom stereocenters. The molecule has 0 heterocycles. The molecule has 0 amide bonds. The second-order valence-corrected chi connectivity index (χ2v) is 23.3. The van der Waals surface area contributed by atoms with Gasteiger partial charge in [-0.05, 0) is 132 Å². The molecule has 0 aliphatic heterocycles. The molecule has 0 fully saturated rings. The van der Waals surface area contributed by atoms with Crippen LogP contribution >= 0.6 is 61.0 Å². The smallest absolute Gasteiger partial charge is 0.378 e. The van der Waals surface area contributed by atoms with Gasteiger partial charge in [-0.1, -0.05) is 0 Å². The summed E-state index contributed by atoms with van der Waals surface area (Å²) in [6, 6.07) is 18.3. The number of halogens is 2. The zero-order chi connectivity index (χ0) is 32.3. The van der Waals surface area contributed by atoms with Gasteiger partial charge in [0.15, 0.2) is 0 Å². The van der Waals surface area contributed by atoms with Crippen LogP contribution in [0.3, 0.4) is 0 Å². The Morgan fingerprint density at radius 2 is 0.610 bits per heavy atom. The van der Waals surface area contributed by atoms with Gasteiger partial charge in [0, 0.05) is 55.4 Å². The molecule has 2 aromatic rings. The van der Waals surface area contributed by atoms with Crippen LogP contribution in [0.4, 0.5) is 11.4 Å². The van der Waals surface area contributed by atoms with Gasteiger partial charge in [-0.2, -0.15) is 0 Å². The van der Waals surface area contributed by atoms with Crippen molar-refractivity contribution in [1.82, 2.24) is 0 Å². The molecule has 0 aromatic heterocycles. The third-order valence-corrected chi connectivity index (χ3v) is 14.2. The molecule has 2 aromatic carbocycles. The fourth-order valence-electron chi connectivity index (χ4n) is 5.83. The standard InChI is InChI=1S/2C16H28NP.2CH2I.Pd/c2*1-15(2,3)18(16(4,5)6)14-11-9-13(10-12-14)17(7)8;2*1-2;/h2*9-12H,1-8H3;2*1H2;/q;;2*-1;+2/p+2. The summed E-state index contributed by atoms with van der Waals surface area (Å²) in [6.07, 6.45) is 0. The Bertz CT molecular complexity index is 828. The van der Waals surface area contributed by atoms with Crippen molar-refractivity contribution in [2.45, 2.75) is 104 Å². The van der Waals surface area contributed by atoms with Crippen LogP contribution in [0.2, 0.25) is 0 Å². The van der Waals surface area contributed by atoms with E-state index in [1.807, 2.05) is 45.2 Å². The average molecular weight is 921 g/mol. The van der Waals surface area contributed by atoms with Gasteiger partial charge in [0.05, 0.1) is 31.2 Å². The largest absolute Gasteiger partial charge is 2.00 e. The molecular formula is C34H62I2N2P2Pd+2. The molecule has 2 rings (SSSR count). The van der Waals surface area contributed by atoms with Gasteiger partial charge >= 0.3 is 20.4 Å². The molecular weight excluding hydrogens is 859 g/mol. The molecule has 0 radical (unpaired) electrons. The Labute approximate surface area is 300 Å². The Morgan fingerprint density at radius 3 is 0.732 bits per heavy atom. The number of anilines is 2. The van der Waals surface area contributed by atoms with Gasteiger partial charge in [0.2, 0.25) is 0 Å². The molecule has 0 unspecified atom stereocenters. The predicted octanol–water partition coefficient (Wildman–Crippen LogP) is 10.8. The molecule has 0 aliphatic carbocycles. The number of hydrogen-bond donors (Lipinski definition) is 0. The van der Waals surface area contributed by atoms with Crippen molar-refractivity contribution < 1.29 is 20.4 Å². The zero-order valence-corrected chi connectivity index (χ0v) is 36.9. The van der Waals surface area contributed by atoms with E-state index in [-0.39, 0.29) is 20.4 Å². The van der Waals surface area contributed by atoms with Crippen LogP contribution in [-0.2, 0) is 20.4 Å². The van der Waals surface area contributed by atoms with Crippen LogP contribution in [0.5, 0.6) is 0 Å². The topological polar surface area (TPSA) is 6.48 Å². The van der Waals surface area contributed by atoms with Crippen LogP contribution in [0.1, 0.15) is 83.1 Å². The van der Waals surface area contributed by atoms with Crippen molar-refractivity contribution >= 4 is 83.0 Å². The minimum atomic E-state index is -0.614. The zero-order valence-electron chi connectivity index (χ0n) is 29.0. The molecule has 41 heavy (non-hydrogen) atoms. The van der Waals surface area contributed by atoms with Crippen LogP contribution < -0.4 is 20.4 Å². The van der Waals surface area contributed by atoms with Gasteiger partial charge < -0.3 is 55.0 Å². The Hall–Kier alpha value is 1.02. The van der Waals surface area contributed by atoms with Crippen LogP contribution in [-0.4, -0.2) is 48.8 Å². The predicted molar refractivity (Wildman–Crippen MR) is 215 cm³/mol. The minimum Gasteiger partial charge on any atom is -0.378 e.